The molecule has 0 saturated heterocycles. The number of hydrogen-bond acceptors (Lipinski definition) is 3. The predicted octanol–water partition coefficient (Wildman–Crippen LogP) is -0.766. The summed E-state index contributed by atoms with van der Waals surface area (Å²) in [4.78, 5) is 8.36. The molecule has 4 nitrogen and oxygen atoms in total. The highest BCUT2D eigenvalue weighted by Crippen LogP contribution is 1.56. The van der Waals surface area contributed by atoms with Crippen LogP contribution in [0.3, 0.4) is 0 Å². The van der Waals surface area contributed by atoms with Crippen LogP contribution in [0.25, 0.3) is 0 Å². The number of carbonyl (C=O) groups is 1. The topological polar surface area (TPSA) is 71.6 Å². The van der Waals surface area contributed by atoms with Crippen LogP contribution in [0.2, 0.25) is 0 Å². The molecule has 0 aromatic heterocycles. The van der Waals surface area contributed by atoms with E-state index in [2.05, 4.69) is 10.5 Å². The molecule has 0 unspecified atom stereocenters. The van der Waals surface area contributed by atoms with E-state index in [1.165, 1.54) is 0 Å². The lowest BCUT2D eigenvalue weighted by molar-refractivity contribution is -0.122. The van der Waals surface area contributed by atoms with E-state index in [-0.39, 0.29) is 6.47 Å². The molecule has 1 heterocycles. The second kappa shape index (κ2) is 3.94. The number of rotatable bonds is 0. The summed E-state index contributed by atoms with van der Waals surface area (Å²) in [6.07, 6.45) is 1.62. The van der Waals surface area contributed by atoms with E-state index in [1.807, 2.05) is 0 Å². The molecule has 0 saturated carbocycles. The number of hydrogen-bond donors (Lipinski definition) is 2. The summed E-state index contributed by atoms with van der Waals surface area (Å²) in [6.45, 7) is -0.250. The molecule has 6 heavy (non-hydrogen) atoms. The second-order valence-corrected chi connectivity index (χ2v) is 0.493. The van der Waals surface area contributed by atoms with Gasteiger partial charge >= 0.3 is 0 Å². The third kappa shape index (κ3) is 3070. The first-order valence-corrected chi connectivity index (χ1v) is 1.26. The quantitative estimate of drug-likeness (QED) is 0.382. The Hall–Kier alpha value is -1.06. The SMILES string of the molecule is C1=NN1.O=CO. The van der Waals surface area contributed by atoms with Crippen LogP contribution in [0.5, 0.6) is 0 Å². The van der Waals surface area contributed by atoms with Crippen molar-refractivity contribution in [3.63, 3.8) is 0 Å². The molecule has 0 aromatic carbocycles. The fourth-order valence-corrected chi connectivity index (χ4v) is 0. The minimum absolute atomic E-state index is 0.250. The van der Waals surface area contributed by atoms with Gasteiger partial charge in [0.1, 0.15) is 6.34 Å². The number of nitrogens with zero attached hydrogens (tertiary/aromatic N) is 1. The third-order valence-corrected chi connectivity index (χ3v) is 0.129. The van der Waals surface area contributed by atoms with Crippen molar-refractivity contribution >= 4 is 12.8 Å². The van der Waals surface area contributed by atoms with Crippen molar-refractivity contribution < 1.29 is 9.90 Å². The third-order valence-electron chi connectivity index (χ3n) is 0.129. The van der Waals surface area contributed by atoms with Crippen molar-refractivity contribution in [1.82, 2.24) is 5.43 Å². The summed E-state index contributed by atoms with van der Waals surface area (Å²) in [5.41, 5.74) is 2.50. The van der Waals surface area contributed by atoms with E-state index in [4.69, 9.17) is 9.90 Å². The molecule has 0 atom stereocenters. The van der Waals surface area contributed by atoms with Crippen molar-refractivity contribution in [2.75, 3.05) is 0 Å². The predicted molar refractivity (Wildman–Crippen MR) is 20.3 cm³/mol. The van der Waals surface area contributed by atoms with Gasteiger partial charge in [0.15, 0.2) is 0 Å². The molecule has 0 aliphatic carbocycles. The molecule has 0 radical (unpaired) electrons. The molecule has 2 N–H and O–H groups in total. The van der Waals surface area contributed by atoms with Crippen LogP contribution in [0.15, 0.2) is 5.10 Å². The fourth-order valence-electron chi connectivity index (χ4n) is 0. The molecule has 1 rings (SSSR count). The van der Waals surface area contributed by atoms with Crippen LogP contribution in [-0.2, 0) is 4.79 Å². The Morgan fingerprint density at radius 3 is 2.17 bits per heavy atom. The van der Waals surface area contributed by atoms with E-state index >= 15 is 0 Å². The Morgan fingerprint density at radius 1 is 2.00 bits per heavy atom. The number of nitrogens with one attached hydrogen (secondary N) is 1. The molecule has 0 aromatic rings. The molecular formula is C2H4N2O2. The highest BCUT2D eigenvalue weighted by atomic mass is 16.3. The highest BCUT2D eigenvalue weighted by molar-refractivity contribution is 5.64. The van der Waals surface area contributed by atoms with Gasteiger partial charge in [-0.3, -0.25) is 10.2 Å². The zero-order chi connectivity index (χ0) is 4.83. The van der Waals surface area contributed by atoms with Gasteiger partial charge in [-0.25, -0.2) is 0 Å². The van der Waals surface area contributed by atoms with E-state index < -0.39 is 0 Å². The largest absolute Gasteiger partial charge is 0.483 e. The van der Waals surface area contributed by atoms with Gasteiger partial charge in [0, 0.05) is 0 Å². The van der Waals surface area contributed by atoms with Crippen LogP contribution in [0, 0.1) is 0 Å². The first kappa shape index (κ1) is 4.94. The van der Waals surface area contributed by atoms with Gasteiger partial charge in [-0.2, -0.15) is 5.10 Å². The lowest BCUT2D eigenvalue weighted by Crippen LogP contribution is -1.61. The molecule has 1 aliphatic rings. The van der Waals surface area contributed by atoms with Gasteiger partial charge < -0.3 is 5.11 Å². The van der Waals surface area contributed by atoms with Gasteiger partial charge in [0.05, 0.1) is 0 Å². The van der Waals surface area contributed by atoms with E-state index in [0.717, 1.165) is 0 Å². The molecule has 0 bridgehead atoms. The van der Waals surface area contributed by atoms with Crippen LogP contribution >= 0.6 is 0 Å². The molecule has 0 amide bonds. The average molecular weight is 88.1 g/mol. The van der Waals surface area contributed by atoms with E-state index in [9.17, 15) is 0 Å². The minimum Gasteiger partial charge on any atom is -0.483 e. The number of hydrazone groups is 1. The van der Waals surface area contributed by atoms with Gasteiger partial charge in [-0.1, -0.05) is 0 Å². The first-order chi connectivity index (χ1) is 2.91. The lowest BCUT2D eigenvalue weighted by atomic mass is 11.6. The Balaban J connectivity index is 0.0000000833. The van der Waals surface area contributed by atoms with E-state index in [1.54, 1.807) is 6.34 Å². The van der Waals surface area contributed by atoms with Crippen molar-refractivity contribution in [3.05, 3.63) is 0 Å². The lowest BCUT2D eigenvalue weighted by Gasteiger charge is -1.34. The highest BCUT2D eigenvalue weighted by Gasteiger charge is 1.71. The molecular weight excluding hydrogens is 84.0 g/mol. The molecule has 0 spiro atoms. The maximum Gasteiger partial charge on any atom is 0.290 e. The Bertz CT molecular complexity index is 56.6. The maximum absolute atomic E-state index is 8.36. The van der Waals surface area contributed by atoms with Crippen LogP contribution < -0.4 is 5.43 Å². The Morgan fingerprint density at radius 2 is 2.17 bits per heavy atom. The summed E-state index contributed by atoms with van der Waals surface area (Å²) in [6, 6.07) is 0. The zero-order valence-electron chi connectivity index (χ0n) is 2.96. The van der Waals surface area contributed by atoms with Crippen LogP contribution in [0.1, 0.15) is 0 Å². The molecule has 34 valence electrons. The summed E-state index contributed by atoms with van der Waals surface area (Å²) in [7, 11) is 0. The normalized spacial score (nSPS) is 10.0. The molecule has 0 fully saturated rings. The Labute approximate surface area is 34.5 Å². The zero-order valence-corrected chi connectivity index (χ0v) is 2.96. The van der Waals surface area contributed by atoms with Gasteiger partial charge in [-0.05, 0) is 0 Å². The number of carboxylic acid groups (broad SMARTS) is 1. The van der Waals surface area contributed by atoms with Crippen molar-refractivity contribution in [2.24, 2.45) is 5.10 Å². The smallest absolute Gasteiger partial charge is 0.290 e. The monoisotopic (exact) mass is 88.0 g/mol. The average Bonchev–Trinajstić information content (AvgIpc) is 2.11. The summed E-state index contributed by atoms with van der Waals surface area (Å²) >= 11 is 0. The van der Waals surface area contributed by atoms with Crippen molar-refractivity contribution in [3.8, 4) is 0 Å². The van der Waals surface area contributed by atoms with Gasteiger partial charge in [-0.15, -0.1) is 0 Å². The standard InChI is InChI=1S/CH2N2.CH2O2/c1-2-3-1;2-1-3/h2*1H,(H,2,3). The van der Waals surface area contributed by atoms with Crippen molar-refractivity contribution in [1.29, 1.82) is 0 Å². The Kier molecular flexibility index (Phi) is 3.24. The maximum atomic E-state index is 8.36. The fraction of sp³-hybridized carbons (Fsp3) is 0. The first-order valence-electron chi connectivity index (χ1n) is 1.26. The van der Waals surface area contributed by atoms with Crippen molar-refractivity contribution in [2.45, 2.75) is 0 Å². The molecule has 1 aliphatic heterocycles. The van der Waals surface area contributed by atoms with E-state index in [0.29, 0.717) is 0 Å². The molecule has 4 heteroatoms. The summed E-state index contributed by atoms with van der Waals surface area (Å²) < 4.78 is 0. The minimum atomic E-state index is -0.250. The summed E-state index contributed by atoms with van der Waals surface area (Å²) in [5, 5.41) is 10.3. The summed E-state index contributed by atoms with van der Waals surface area (Å²) in [5.74, 6) is 0. The van der Waals surface area contributed by atoms with Crippen LogP contribution in [-0.4, -0.2) is 17.9 Å². The van der Waals surface area contributed by atoms with Gasteiger partial charge in [0.2, 0.25) is 0 Å². The second-order valence-electron chi connectivity index (χ2n) is 0.493. The van der Waals surface area contributed by atoms with Gasteiger partial charge in [0.25, 0.3) is 6.47 Å². The van der Waals surface area contributed by atoms with Crippen LogP contribution in [0.4, 0.5) is 0 Å².